The van der Waals surface area contributed by atoms with Crippen molar-refractivity contribution in [3.05, 3.63) is 52.5 Å². The number of methoxy groups -OCH3 is 2. The van der Waals surface area contributed by atoms with E-state index >= 15 is 0 Å². The Kier molecular flexibility index (Phi) is 9.62. The molecule has 8 heteroatoms. The van der Waals surface area contributed by atoms with Crippen LogP contribution >= 0.6 is 15.9 Å². The Balaban J connectivity index is 1.73. The Morgan fingerprint density at radius 2 is 1.59 bits per heavy atom. The second-order valence-corrected chi connectivity index (χ2v) is 9.42. The summed E-state index contributed by atoms with van der Waals surface area (Å²) in [5, 5.41) is 3.14. The highest BCUT2D eigenvalue weighted by molar-refractivity contribution is 9.10. The fourth-order valence-electron chi connectivity index (χ4n) is 4.03. The molecule has 1 atom stereocenters. The molecule has 0 bridgehead atoms. The van der Waals surface area contributed by atoms with Gasteiger partial charge in [-0.1, -0.05) is 47.3 Å². The molecule has 1 N–H and O–H groups in total. The summed E-state index contributed by atoms with van der Waals surface area (Å²) >= 11 is 3.44. The molecule has 1 saturated carbocycles. The summed E-state index contributed by atoms with van der Waals surface area (Å²) in [4.78, 5) is 27.9. The van der Waals surface area contributed by atoms with Gasteiger partial charge in [-0.3, -0.25) is 9.59 Å². The summed E-state index contributed by atoms with van der Waals surface area (Å²) in [5.74, 6) is 1.16. The third-order valence-corrected chi connectivity index (χ3v) is 6.60. The fraction of sp³-hybridized carbons (Fsp3) is 0.462. The van der Waals surface area contributed by atoms with Gasteiger partial charge in [-0.15, -0.1) is 0 Å². The van der Waals surface area contributed by atoms with Gasteiger partial charge in [0.2, 0.25) is 5.91 Å². The Morgan fingerprint density at radius 1 is 1.00 bits per heavy atom. The Labute approximate surface area is 209 Å². The highest BCUT2D eigenvalue weighted by Gasteiger charge is 2.28. The zero-order valence-corrected chi connectivity index (χ0v) is 21.6. The molecule has 1 aliphatic rings. The highest BCUT2D eigenvalue weighted by Crippen LogP contribution is 2.27. The van der Waals surface area contributed by atoms with E-state index in [4.69, 9.17) is 14.2 Å². The van der Waals surface area contributed by atoms with Crippen molar-refractivity contribution in [1.82, 2.24) is 10.2 Å². The number of amides is 2. The first-order valence-corrected chi connectivity index (χ1v) is 12.4. The van der Waals surface area contributed by atoms with Gasteiger partial charge in [0.25, 0.3) is 5.91 Å². The van der Waals surface area contributed by atoms with Crippen LogP contribution < -0.4 is 19.5 Å². The molecule has 1 fully saturated rings. The van der Waals surface area contributed by atoms with Crippen LogP contribution in [0.15, 0.2) is 46.9 Å². The van der Waals surface area contributed by atoms with Crippen LogP contribution in [0, 0.1) is 0 Å². The summed E-state index contributed by atoms with van der Waals surface area (Å²) in [6, 6.07) is 12.4. The molecule has 0 spiro atoms. The van der Waals surface area contributed by atoms with Crippen LogP contribution in [0.4, 0.5) is 0 Å². The van der Waals surface area contributed by atoms with Crippen molar-refractivity contribution in [3.8, 4) is 17.2 Å². The van der Waals surface area contributed by atoms with Gasteiger partial charge in [-0.05, 0) is 37.5 Å². The number of nitrogens with zero attached hydrogens (tertiary/aromatic N) is 1. The zero-order valence-electron chi connectivity index (χ0n) is 20.0. The standard InChI is InChI=1S/C26H33BrN2O5/c1-18(26(31)28-21-7-5-4-6-8-21)29(16-19-9-11-20(27)12-10-19)25(30)17-34-24-14-22(32-2)13-23(15-24)33-3/h9-15,18,21H,4-8,16-17H2,1-3H3,(H,28,31)/t18-/m1/s1. The normalized spacial score (nSPS) is 14.7. The van der Waals surface area contributed by atoms with E-state index in [-0.39, 0.29) is 24.5 Å². The van der Waals surface area contributed by atoms with Crippen LogP contribution in [0.1, 0.15) is 44.6 Å². The van der Waals surface area contributed by atoms with Crippen LogP contribution in [0.2, 0.25) is 0 Å². The van der Waals surface area contributed by atoms with E-state index in [2.05, 4.69) is 21.2 Å². The van der Waals surface area contributed by atoms with Crippen molar-refractivity contribution in [3.63, 3.8) is 0 Å². The van der Waals surface area contributed by atoms with E-state index in [9.17, 15) is 9.59 Å². The van der Waals surface area contributed by atoms with Gasteiger partial charge in [0.15, 0.2) is 6.61 Å². The zero-order chi connectivity index (χ0) is 24.5. The van der Waals surface area contributed by atoms with Gasteiger partial charge in [0, 0.05) is 35.3 Å². The van der Waals surface area contributed by atoms with E-state index in [0.717, 1.165) is 35.7 Å². The summed E-state index contributed by atoms with van der Waals surface area (Å²) < 4.78 is 17.3. The fourth-order valence-corrected chi connectivity index (χ4v) is 4.29. The van der Waals surface area contributed by atoms with Gasteiger partial charge in [-0.2, -0.15) is 0 Å². The van der Waals surface area contributed by atoms with Crippen molar-refractivity contribution in [2.75, 3.05) is 20.8 Å². The molecule has 2 aromatic carbocycles. The SMILES string of the molecule is COc1cc(OC)cc(OCC(=O)N(Cc2ccc(Br)cc2)[C@H](C)C(=O)NC2CCCCC2)c1. The number of benzene rings is 2. The summed E-state index contributed by atoms with van der Waals surface area (Å²) in [7, 11) is 3.10. The molecule has 1 aliphatic carbocycles. The number of nitrogens with one attached hydrogen (secondary N) is 1. The first-order valence-electron chi connectivity index (χ1n) is 11.6. The number of hydrogen-bond donors (Lipinski definition) is 1. The molecule has 0 aromatic heterocycles. The lowest BCUT2D eigenvalue weighted by atomic mass is 9.95. The Morgan fingerprint density at radius 3 is 2.18 bits per heavy atom. The van der Waals surface area contributed by atoms with Crippen molar-refractivity contribution < 1.29 is 23.8 Å². The van der Waals surface area contributed by atoms with E-state index < -0.39 is 6.04 Å². The van der Waals surface area contributed by atoms with E-state index in [1.807, 2.05) is 24.3 Å². The highest BCUT2D eigenvalue weighted by atomic mass is 79.9. The van der Waals surface area contributed by atoms with Crippen molar-refractivity contribution in [1.29, 1.82) is 0 Å². The summed E-state index contributed by atoms with van der Waals surface area (Å²) in [6.45, 7) is 1.85. The topological polar surface area (TPSA) is 77.1 Å². The molecule has 7 nitrogen and oxygen atoms in total. The van der Waals surface area contributed by atoms with E-state index in [1.54, 1.807) is 44.2 Å². The second kappa shape index (κ2) is 12.6. The van der Waals surface area contributed by atoms with Gasteiger partial charge in [-0.25, -0.2) is 0 Å². The molecule has 0 unspecified atom stereocenters. The molecular formula is C26H33BrN2O5. The van der Waals surface area contributed by atoms with E-state index in [1.165, 1.54) is 6.42 Å². The third-order valence-electron chi connectivity index (χ3n) is 6.07. The van der Waals surface area contributed by atoms with Crippen molar-refractivity contribution in [2.45, 2.75) is 57.7 Å². The molecule has 0 heterocycles. The maximum Gasteiger partial charge on any atom is 0.261 e. The van der Waals surface area contributed by atoms with Crippen LogP contribution in [-0.2, 0) is 16.1 Å². The van der Waals surface area contributed by atoms with E-state index in [0.29, 0.717) is 23.8 Å². The maximum absolute atomic E-state index is 13.3. The average Bonchev–Trinajstić information content (AvgIpc) is 2.86. The molecule has 34 heavy (non-hydrogen) atoms. The van der Waals surface area contributed by atoms with Crippen LogP contribution in [0.5, 0.6) is 17.2 Å². The average molecular weight is 533 g/mol. The molecule has 0 saturated heterocycles. The molecule has 0 radical (unpaired) electrons. The number of carbonyl (C=O) groups is 2. The number of halogens is 1. The first kappa shape index (κ1) is 25.9. The first-order chi connectivity index (χ1) is 16.4. The van der Waals surface area contributed by atoms with Crippen LogP contribution in [0.3, 0.4) is 0 Å². The summed E-state index contributed by atoms with van der Waals surface area (Å²) in [6.07, 6.45) is 5.43. The van der Waals surface area contributed by atoms with Gasteiger partial charge in [0.1, 0.15) is 23.3 Å². The molecule has 2 aromatic rings. The lowest BCUT2D eigenvalue weighted by Crippen LogP contribution is -2.51. The Hall–Kier alpha value is -2.74. The lowest BCUT2D eigenvalue weighted by molar-refractivity contribution is -0.142. The van der Waals surface area contributed by atoms with Crippen molar-refractivity contribution >= 4 is 27.7 Å². The molecule has 2 amide bonds. The van der Waals surface area contributed by atoms with Crippen LogP contribution in [0.25, 0.3) is 0 Å². The largest absolute Gasteiger partial charge is 0.496 e. The molecule has 184 valence electrons. The molecular weight excluding hydrogens is 500 g/mol. The second-order valence-electron chi connectivity index (χ2n) is 8.50. The predicted octanol–water partition coefficient (Wildman–Crippen LogP) is 4.71. The molecule has 0 aliphatic heterocycles. The van der Waals surface area contributed by atoms with Crippen LogP contribution in [-0.4, -0.2) is 49.6 Å². The third kappa shape index (κ3) is 7.38. The summed E-state index contributed by atoms with van der Waals surface area (Å²) in [5.41, 5.74) is 0.928. The number of rotatable bonds is 10. The minimum Gasteiger partial charge on any atom is -0.496 e. The smallest absolute Gasteiger partial charge is 0.261 e. The quantitative estimate of drug-likeness (QED) is 0.479. The van der Waals surface area contributed by atoms with Gasteiger partial charge in [0.05, 0.1) is 14.2 Å². The maximum atomic E-state index is 13.3. The number of ether oxygens (including phenoxy) is 3. The van der Waals surface area contributed by atoms with Crippen molar-refractivity contribution in [2.24, 2.45) is 0 Å². The van der Waals surface area contributed by atoms with Gasteiger partial charge >= 0.3 is 0 Å². The minimum atomic E-state index is -0.637. The predicted molar refractivity (Wildman–Crippen MR) is 134 cm³/mol. The molecule has 3 rings (SSSR count). The van der Waals surface area contributed by atoms with Gasteiger partial charge < -0.3 is 24.4 Å². The lowest BCUT2D eigenvalue weighted by Gasteiger charge is -2.31. The Bertz CT molecular complexity index is 938. The minimum absolute atomic E-state index is 0.139. The number of carbonyl (C=O) groups excluding carboxylic acids is 2. The monoisotopic (exact) mass is 532 g/mol. The number of hydrogen-bond acceptors (Lipinski definition) is 5.